The van der Waals surface area contributed by atoms with Crippen molar-refractivity contribution in [2.45, 2.75) is 52.5 Å². The second-order valence-electron chi connectivity index (χ2n) is 8.29. The molecule has 0 aliphatic carbocycles. The van der Waals surface area contributed by atoms with Crippen molar-refractivity contribution in [1.29, 1.82) is 0 Å². The molecule has 1 N–H and O–H groups in total. The van der Waals surface area contributed by atoms with Crippen molar-refractivity contribution in [3.8, 4) is 0 Å². The maximum absolute atomic E-state index is 12.7. The monoisotopic (exact) mass is 426 g/mol. The number of rotatable bonds is 7. The second-order valence-corrected chi connectivity index (χ2v) is 9.27. The fourth-order valence-corrected chi connectivity index (χ4v) is 5.15. The van der Waals surface area contributed by atoms with Crippen molar-refractivity contribution in [3.05, 3.63) is 45.7 Å². The Hall–Kier alpha value is -2.32. The second kappa shape index (κ2) is 9.22. The molecule has 0 bridgehead atoms. The topological polar surface area (TPSA) is 75.4 Å². The molecule has 8 heteroatoms. The predicted molar refractivity (Wildman–Crippen MR) is 119 cm³/mol. The highest BCUT2D eigenvalue weighted by Gasteiger charge is 2.25. The Morgan fingerprint density at radius 3 is 2.87 bits per heavy atom. The van der Waals surface area contributed by atoms with Gasteiger partial charge in [0.1, 0.15) is 6.33 Å². The van der Waals surface area contributed by atoms with Crippen LogP contribution in [-0.2, 0) is 11.2 Å². The zero-order chi connectivity index (χ0) is 21.1. The highest BCUT2D eigenvalue weighted by molar-refractivity contribution is 7.10. The molecule has 3 aromatic heterocycles. The van der Waals surface area contributed by atoms with E-state index in [0.29, 0.717) is 25.2 Å². The number of nitrogens with one attached hydrogen (secondary N) is 1. The van der Waals surface area contributed by atoms with Gasteiger partial charge in [0.05, 0.1) is 6.04 Å². The summed E-state index contributed by atoms with van der Waals surface area (Å²) in [5.41, 5.74) is 2.99. The highest BCUT2D eigenvalue weighted by Crippen LogP contribution is 2.29. The minimum Gasteiger partial charge on any atom is -0.354 e. The molecule has 3 aromatic rings. The van der Waals surface area contributed by atoms with E-state index in [0.717, 1.165) is 36.0 Å². The normalized spacial score (nSPS) is 16.8. The molecule has 7 nitrogen and oxygen atoms in total. The van der Waals surface area contributed by atoms with E-state index in [4.69, 9.17) is 0 Å². The van der Waals surface area contributed by atoms with Gasteiger partial charge in [-0.25, -0.2) is 9.50 Å². The summed E-state index contributed by atoms with van der Waals surface area (Å²) in [5, 5.41) is 9.54. The number of aromatic nitrogens is 4. The molecule has 1 atom stereocenters. The lowest BCUT2D eigenvalue weighted by atomic mass is 9.97. The summed E-state index contributed by atoms with van der Waals surface area (Å²) in [6, 6.07) is 4.55. The lowest BCUT2D eigenvalue weighted by molar-refractivity contribution is -0.121. The molecule has 1 fully saturated rings. The Bertz CT molecular complexity index is 991. The maximum atomic E-state index is 12.7. The van der Waals surface area contributed by atoms with Crippen LogP contribution in [0, 0.1) is 19.8 Å². The Morgan fingerprint density at radius 2 is 2.13 bits per heavy atom. The third kappa shape index (κ3) is 4.54. The van der Waals surface area contributed by atoms with Crippen LogP contribution in [0.25, 0.3) is 5.78 Å². The Balaban J connectivity index is 1.37. The zero-order valence-electron chi connectivity index (χ0n) is 18.0. The fourth-order valence-electron chi connectivity index (χ4n) is 4.29. The van der Waals surface area contributed by atoms with Crippen LogP contribution in [0.4, 0.5) is 0 Å². The van der Waals surface area contributed by atoms with E-state index >= 15 is 0 Å². The van der Waals surface area contributed by atoms with Crippen LogP contribution in [0.2, 0.25) is 0 Å². The third-order valence-corrected chi connectivity index (χ3v) is 7.19. The zero-order valence-corrected chi connectivity index (χ0v) is 18.8. The summed E-state index contributed by atoms with van der Waals surface area (Å²) >= 11 is 1.78. The van der Waals surface area contributed by atoms with Crippen LogP contribution in [0.5, 0.6) is 0 Å². The number of piperidine rings is 1. The molecule has 4 heterocycles. The Labute approximate surface area is 181 Å². The molecule has 0 saturated carbocycles. The van der Waals surface area contributed by atoms with Crippen molar-refractivity contribution >= 4 is 23.0 Å². The number of nitrogens with zero attached hydrogens (tertiary/aromatic N) is 5. The fraction of sp³-hybridized carbons (Fsp3) is 0.545. The summed E-state index contributed by atoms with van der Waals surface area (Å²) in [7, 11) is 0. The maximum Gasteiger partial charge on any atom is 0.252 e. The van der Waals surface area contributed by atoms with Gasteiger partial charge in [-0.1, -0.05) is 13.0 Å². The average Bonchev–Trinajstić information content (AvgIpc) is 3.41. The molecule has 1 amide bonds. The number of likely N-dealkylation sites (tertiary alicyclic amines) is 1. The quantitative estimate of drug-likeness (QED) is 0.627. The molecule has 4 rings (SSSR count). The number of carbonyl (C=O) groups is 1. The van der Waals surface area contributed by atoms with Crippen molar-refractivity contribution < 1.29 is 4.79 Å². The van der Waals surface area contributed by atoms with Crippen molar-refractivity contribution in [2.75, 3.05) is 19.6 Å². The van der Waals surface area contributed by atoms with E-state index in [1.807, 2.05) is 13.8 Å². The number of amides is 1. The summed E-state index contributed by atoms with van der Waals surface area (Å²) < 4.78 is 1.74. The molecule has 1 aliphatic rings. The van der Waals surface area contributed by atoms with Gasteiger partial charge in [-0.2, -0.15) is 10.1 Å². The molecule has 1 aliphatic heterocycles. The largest absolute Gasteiger partial charge is 0.354 e. The number of hydrogen-bond acceptors (Lipinski definition) is 6. The average molecular weight is 427 g/mol. The molecular weight excluding hydrogens is 396 g/mol. The van der Waals surface area contributed by atoms with Crippen LogP contribution in [-0.4, -0.2) is 50.0 Å². The minimum absolute atomic E-state index is 0.0828. The van der Waals surface area contributed by atoms with Crippen LogP contribution in [0.1, 0.15) is 54.1 Å². The molecule has 1 saturated heterocycles. The SMILES string of the molecule is Cc1nc2ncnn2c(C)c1CCC(=O)NC[C@@H](c1cccs1)N1CCC(C)CC1. The van der Waals surface area contributed by atoms with E-state index in [2.05, 4.69) is 49.7 Å². The summed E-state index contributed by atoms with van der Waals surface area (Å²) in [6.07, 6.45) is 5.06. The summed E-state index contributed by atoms with van der Waals surface area (Å²) in [5.74, 6) is 1.48. The van der Waals surface area contributed by atoms with Crippen LogP contribution < -0.4 is 5.32 Å². The van der Waals surface area contributed by atoms with Gasteiger partial charge in [0.2, 0.25) is 5.91 Å². The Morgan fingerprint density at radius 1 is 1.33 bits per heavy atom. The van der Waals surface area contributed by atoms with Crippen LogP contribution >= 0.6 is 11.3 Å². The van der Waals surface area contributed by atoms with Gasteiger partial charge in [-0.3, -0.25) is 9.69 Å². The third-order valence-electron chi connectivity index (χ3n) is 6.21. The molecule has 0 radical (unpaired) electrons. The van der Waals surface area contributed by atoms with Gasteiger partial charge in [-0.05, 0) is 69.1 Å². The van der Waals surface area contributed by atoms with Crippen molar-refractivity contribution in [1.82, 2.24) is 29.8 Å². The number of aryl methyl sites for hydroxylation is 2. The van der Waals surface area contributed by atoms with E-state index in [1.165, 1.54) is 24.0 Å². The number of fused-ring (bicyclic) bond motifs is 1. The molecule has 0 unspecified atom stereocenters. The van der Waals surface area contributed by atoms with E-state index < -0.39 is 0 Å². The summed E-state index contributed by atoms with van der Waals surface area (Å²) in [4.78, 5) is 25.2. The first-order valence-corrected chi connectivity index (χ1v) is 11.6. The van der Waals surface area contributed by atoms with E-state index in [-0.39, 0.29) is 11.9 Å². The van der Waals surface area contributed by atoms with E-state index in [9.17, 15) is 4.79 Å². The van der Waals surface area contributed by atoms with E-state index in [1.54, 1.807) is 15.9 Å². The van der Waals surface area contributed by atoms with Crippen LogP contribution in [0.3, 0.4) is 0 Å². The first-order valence-electron chi connectivity index (χ1n) is 10.7. The van der Waals surface area contributed by atoms with Gasteiger partial charge < -0.3 is 5.32 Å². The van der Waals surface area contributed by atoms with Gasteiger partial charge >= 0.3 is 0 Å². The summed E-state index contributed by atoms with van der Waals surface area (Å²) in [6.45, 7) is 9.16. The molecule has 0 aromatic carbocycles. The number of carbonyl (C=O) groups excluding carboxylic acids is 1. The number of thiophene rings is 1. The highest BCUT2D eigenvalue weighted by atomic mass is 32.1. The van der Waals surface area contributed by atoms with Crippen molar-refractivity contribution in [3.63, 3.8) is 0 Å². The smallest absolute Gasteiger partial charge is 0.252 e. The predicted octanol–water partition coefficient (Wildman–Crippen LogP) is 3.32. The van der Waals surface area contributed by atoms with Gasteiger partial charge in [0, 0.05) is 29.2 Å². The molecule has 160 valence electrons. The van der Waals surface area contributed by atoms with Gasteiger partial charge in [-0.15, -0.1) is 11.3 Å². The minimum atomic E-state index is 0.0828. The molecule has 0 spiro atoms. The first-order chi connectivity index (χ1) is 14.5. The van der Waals surface area contributed by atoms with Crippen LogP contribution in [0.15, 0.2) is 23.8 Å². The Kier molecular flexibility index (Phi) is 6.43. The van der Waals surface area contributed by atoms with Gasteiger partial charge in [0.15, 0.2) is 0 Å². The van der Waals surface area contributed by atoms with Crippen molar-refractivity contribution in [2.24, 2.45) is 5.92 Å². The lowest BCUT2D eigenvalue weighted by Gasteiger charge is -2.36. The van der Waals surface area contributed by atoms with Gasteiger partial charge in [0.25, 0.3) is 5.78 Å². The molecule has 30 heavy (non-hydrogen) atoms. The molecular formula is C22H30N6OS. The first kappa shape index (κ1) is 20.9. The lowest BCUT2D eigenvalue weighted by Crippen LogP contribution is -2.41. The number of hydrogen-bond donors (Lipinski definition) is 1. The standard InChI is InChI=1S/C22H30N6OS/c1-15-8-10-27(11-9-15)19(20-5-4-12-30-20)13-23-21(29)7-6-18-16(2)26-22-24-14-25-28(22)17(18)3/h4-5,12,14-15,19H,6-11,13H2,1-3H3,(H,23,29)/t19-/m0/s1.